The molecule has 0 aliphatic rings. The van der Waals surface area contributed by atoms with E-state index >= 15 is 0 Å². The Labute approximate surface area is 118 Å². The van der Waals surface area contributed by atoms with Crippen molar-refractivity contribution in [2.24, 2.45) is 12.9 Å². The number of benzene rings is 1. The summed E-state index contributed by atoms with van der Waals surface area (Å²) in [6, 6.07) is 2.10. The lowest BCUT2D eigenvalue weighted by molar-refractivity contribution is -0.140. The topological polar surface area (TPSA) is 55.9 Å². The molecule has 3 N–H and O–H groups in total. The molecule has 0 spiro atoms. The molecule has 0 bridgehead atoms. The minimum absolute atomic E-state index is 0.210. The first-order valence-corrected chi connectivity index (χ1v) is 6.07. The van der Waals surface area contributed by atoms with E-state index < -0.39 is 23.6 Å². The molecular formula is C13H14F4N4. The van der Waals surface area contributed by atoms with Crippen LogP contribution < -0.4 is 11.3 Å². The molecule has 1 aromatic heterocycles. The summed E-state index contributed by atoms with van der Waals surface area (Å²) in [4.78, 5) is 0. The van der Waals surface area contributed by atoms with Gasteiger partial charge in [-0.1, -0.05) is 6.07 Å². The minimum atomic E-state index is -4.76. The summed E-state index contributed by atoms with van der Waals surface area (Å²) in [5.41, 5.74) is 2.58. The minimum Gasteiger partial charge on any atom is -0.275 e. The highest BCUT2D eigenvalue weighted by atomic mass is 19.4. The molecule has 1 heterocycles. The number of rotatable bonds is 3. The van der Waals surface area contributed by atoms with Crippen LogP contribution in [0.4, 0.5) is 17.6 Å². The molecule has 114 valence electrons. The van der Waals surface area contributed by atoms with Crippen LogP contribution >= 0.6 is 0 Å². The maximum Gasteiger partial charge on any atom is 0.419 e. The lowest BCUT2D eigenvalue weighted by Gasteiger charge is -2.18. The van der Waals surface area contributed by atoms with Crippen molar-refractivity contribution in [3.63, 3.8) is 0 Å². The zero-order valence-electron chi connectivity index (χ0n) is 11.4. The molecule has 0 aliphatic heterocycles. The van der Waals surface area contributed by atoms with Gasteiger partial charge in [-0.2, -0.15) is 18.3 Å². The van der Waals surface area contributed by atoms with Crippen molar-refractivity contribution in [3.05, 3.63) is 52.6 Å². The molecule has 0 fully saturated rings. The summed E-state index contributed by atoms with van der Waals surface area (Å²) in [6.07, 6.45) is -3.11. The predicted octanol–water partition coefficient (Wildman–Crippen LogP) is 2.44. The second kappa shape index (κ2) is 5.45. The first-order chi connectivity index (χ1) is 9.74. The molecule has 1 aromatic carbocycles. The van der Waals surface area contributed by atoms with Crippen LogP contribution in [-0.4, -0.2) is 9.78 Å². The Bertz CT molecular complexity index is 648. The van der Waals surface area contributed by atoms with E-state index in [1.807, 2.05) is 0 Å². The van der Waals surface area contributed by atoms with E-state index in [2.05, 4.69) is 10.5 Å². The fourth-order valence-electron chi connectivity index (χ4n) is 2.21. The van der Waals surface area contributed by atoms with Gasteiger partial charge in [0.1, 0.15) is 5.82 Å². The summed E-state index contributed by atoms with van der Waals surface area (Å²) in [7, 11) is 1.69. The SMILES string of the molecule is Cc1nn(C)cc1C(NN)c1ccc(F)c(C(F)(F)F)c1. The molecule has 0 amide bonds. The smallest absolute Gasteiger partial charge is 0.275 e. The number of aromatic nitrogens is 2. The van der Waals surface area contributed by atoms with Gasteiger partial charge in [0, 0.05) is 18.8 Å². The highest BCUT2D eigenvalue weighted by Gasteiger charge is 2.35. The van der Waals surface area contributed by atoms with E-state index in [0.717, 1.165) is 12.1 Å². The van der Waals surface area contributed by atoms with Crippen LogP contribution in [0.5, 0.6) is 0 Å². The monoisotopic (exact) mass is 302 g/mol. The van der Waals surface area contributed by atoms with Crippen molar-refractivity contribution in [1.29, 1.82) is 0 Å². The maximum atomic E-state index is 13.3. The Kier molecular flexibility index (Phi) is 4.02. The molecule has 0 aliphatic carbocycles. The second-order valence-corrected chi connectivity index (χ2v) is 4.68. The van der Waals surface area contributed by atoms with Crippen molar-refractivity contribution >= 4 is 0 Å². The van der Waals surface area contributed by atoms with Crippen molar-refractivity contribution in [3.8, 4) is 0 Å². The molecule has 1 atom stereocenters. The van der Waals surface area contributed by atoms with Crippen LogP contribution in [0.1, 0.15) is 28.4 Å². The Morgan fingerprint density at radius 3 is 2.48 bits per heavy atom. The van der Waals surface area contributed by atoms with Gasteiger partial charge in [-0.3, -0.25) is 10.5 Å². The lowest BCUT2D eigenvalue weighted by atomic mass is 9.98. The van der Waals surface area contributed by atoms with Crippen molar-refractivity contribution in [2.45, 2.75) is 19.1 Å². The zero-order valence-corrected chi connectivity index (χ0v) is 11.4. The summed E-state index contributed by atoms with van der Waals surface area (Å²) in [6.45, 7) is 1.72. The van der Waals surface area contributed by atoms with Crippen molar-refractivity contribution < 1.29 is 17.6 Å². The van der Waals surface area contributed by atoms with E-state index in [0.29, 0.717) is 11.3 Å². The molecule has 2 rings (SSSR count). The van der Waals surface area contributed by atoms with Crippen LogP contribution in [0.3, 0.4) is 0 Å². The molecule has 4 nitrogen and oxygen atoms in total. The third-order valence-corrected chi connectivity index (χ3v) is 3.16. The third-order valence-electron chi connectivity index (χ3n) is 3.16. The summed E-state index contributed by atoms with van der Waals surface area (Å²) < 4.78 is 53.2. The van der Waals surface area contributed by atoms with Crippen molar-refractivity contribution in [1.82, 2.24) is 15.2 Å². The van der Waals surface area contributed by atoms with Gasteiger partial charge in [0.2, 0.25) is 0 Å². The Morgan fingerprint density at radius 2 is 2.00 bits per heavy atom. The lowest BCUT2D eigenvalue weighted by Crippen LogP contribution is -2.29. The summed E-state index contributed by atoms with van der Waals surface area (Å²) in [5.74, 6) is 4.14. The largest absolute Gasteiger partial charge is 0.419 e. The van der Waals surface area contributed by atoms with E-state index in [1.54, 1.807) is 20.2 Å². The van der Waals surface area contributed by atoms with E-state index in [9.17, 15) is 17.6 Å². The average molecular weight is 302 g/mol. The third kappa shape index (κ3) is 3.06. The number of nitrogens with one attached hydrogen (secondary N) is 1. The van der Waals surface area contributed by atoms with E-state index in [4.69, 9.17) is 5.84 Å². The van der Waals surface area contributed by atoms with Crippen LogP contribution in [0.15, 0.2) is 24.4 Å². The molecule has 21 heavy (non-hydrogen) atoms. The standard InChI is InChI=1S/C13H14F4N4/c1-7-9(6-21(2)20-7)12(19-18)8-3-4-11(14)10(5-8)13(15,16)17/h3-6,12,19H,18H2,1-2H3. The number of hydrogen-bond donors (Lipinski definition) is 2. The zero-order chi connectivity index (χ0) is 15.8. The van der Waals surface area contributed by atoms with Gasteiger partial charge in [-0.25, -0.2) is 9.82 Å². The van der Waals surface area contributed by atoms with Crippen molar-refractivity contribution in [2.75, 3.05) is 0 Å². The predicted molar refractivity (Wildman–Crippen MR) is 68.5 cm³/mol. The first kappa shape index (κ1) is 15.5. The molecule has 8 heteroatoms. The van der Waals surface area contributed by atoms with Gasteiger partial charge in [0.25, 0.3) is 0 Å². The molecular weight excluding hydrogens is 288 g/mol. The van der Waals surface area contributed by atoms with E-state index in [-0.39, 0.29) is 5.56 Å². The van der Waals surface area contributed by atoms with Gasteiger partial charge in [0.05, 0.1) is 17.3 Å². The molecule has 0 radical (unpaired) electrons. The van der Waals surface area contributed by atoms with Gasteiger partial charge >= 0.3 is 6.18 Å². The highest BCUT2D eigenvalue weighted by molar-refractivity contribution is 5.36. The van der Waals surface area contributed by atoms with Crippen LogP contribution in [0.2, 0.25) is 0 Å². The number of aryl methyl sites for hydroxylation is 2. The summed E-state index contributed by atoms with van der Waals surface area (Å²) in [5, 5.41) is 4.12. The number of hydrazine groups is 1. The van der Waals surface area contributed by atoms with Crippen LogP contribution in [0.25, 0.3) is 0 Å². The molecule has 0 saturated heterocycles. The first-order valence-electron chi connectivity index (χ1n) is 6.07. The number of halogens is 4. The fraction of sp³-hybridized carbons (Fsp3) is 0.308. The number of nitrogens with two attached hydrogens (primary N) is 1. The number of nitrogens with zero attached hydrogens (tertiary/aromatic N) is 2. The fourth-order valence-corrected chi connectivity index (χ4v) is 2.21. The Balaban J connectivity index is 2.51. The quantitative estimate of drug-likeness (QED) is 0.520. The van der Waals surface area contributed by atoms with Gasteiger partial charge in [-0.05, 0) is 24.6 Å². The Morgan fingerprint density at radius 1 is 1.33 bits per heavy atom. The number of alkyl halides is 3. The van der Waals surface area contributed by atoms with Crippen LogP contribution in [0, 0.1) is 12.7 Å². The highest BCUT2D eigenvalue weighted by Crippen LogP contribution is 2.34. The van der Waals surface area contributed by atoms with E-state index in [1.165, 1.54) is 10.7 Å². The molecule has 2 aromatic rings. The van der Waals surface area contributed by atoms with Gasteiger partial charge in [0.15, 0.2) is 0 Å². The molecule has 0 saturated carbocycles. The van der Waals surface area contributed by atoms with Gasteiger partial charge < -0.3 is 0 Å². The Hall–Kier alpha value is -1.93. The normalized spacial score (nSPS) is 13.5. The van der Waals surface area contributed by atoms with Gasteiger partial charge in [-0.15, -0.1) is 0 Å². The second-order valence-electron chi connectivity index (χ2n) is 4.68. The van der Waals surface area contributed by atoms with Crippen LogP contribution in [-0.2, 0) is 13.2 Å². The maximum absolute atomic E-state index is 13.3. The average Bonchev–Trinajstić information content (AvgIpc) is 2.70. The summed E-state index contributed by atoms with van der Waals surface area (Å²) >= 11 is 0. The number of hydrogen-bond acceptors (Lipinski definition) is 3. The molecule has 1 unspecified atom stereocenters.